The minimum atomic E-state index is 0.322. The van der Waals surface area contributed by atoms with Gasteiger partial charge in [0.05, 0.1) is 0 Å². The summed E-state index contributed by atoms with van der Waals surface area (Å²) in [6.07, 6.45) is 6.53. The van der Waals surface area contributed by atoms with Crippen molar-refractivity contribution in [1.29, 1.82) is 0 Å². The van der Waals surface area contributed by atoms with Crippen LogP contribution in [0.5, 0.6) is 0 Å². The fourth-order valence-corrected chi connectivity index (χ4v) is 1.75. The molecule has 0 bridgehead atoms. The molecule has 14 heavy (non-hydrogen) atoms. The molecule has 0 radical (unpaired) electrons. The molecule has 1 unspecified atom stereocenters. The number of rotatable bonds is 5. The summed E-state index contributed by atoms with van der Waals surface area (Å²) in [7, 11) is 0. The molecular weight excluding hydrogens is 240 g/mol. The van der Waals surface area contributed by atoms with Gasteiger partial charge in [0.15, 0.2) is 0 Å². The minimum Gasteiger partial charge on any atom is -0.310 e. The topological polar surface area (TPSA) is 24.9 Å². The van der Waals surface area contributed by atoms with Gasteiger partial charge >= 0.3 is 0 Å². The Balaban J connectivity index is 2.80. The van der Waals surface area contributed by atoms with Crippen molar-refractivity contribution in [3.8, 4) is 0 Å². The normalized spacial score (nSPS) is 12.4. The SMILES string of the molecule is C=CCC(NCC)c1cncc(Br)c1. The van der Waals surface area contributed by atoms with Crippen LogP contribution >= 0.6 is 15.9 Å². The number of pyridine rings is 1. The second kappa shape index (κ2) is 5.94. The van der Waals surface area contributed by atoms with Crippen molar-refractivity contribution in [2.75, 3.05) is 6.54 Å². The van der Waals surface area contributed by atoms with Gasteiger partial charge in [0.1, 0.15) is 0 Å². The summed E-state index contributed by atoms with van der Waals surface area (Å²) in [6.45, 7) is 6.81. The summed E-state index contributed by atoms with van der Waals surface area (Å²) in [6, 6.07) is 2.41. The molecule has 1 aromatic rings. The first-order chi connectivity index (χ1) is 6.77. The lowest BCUT2D eigenvalue weighted by atomic mass is 10.1. The van der Waals surface area contributed by atoms with E-state index in [0.29, 0.717) is 6.04 Å². The first-order valence-electron chi connectivity index (χ1n) is 4.72. The Bertz CT molecular complexity index is 299. The molecule has 0 saturated carbocycles. The van der Waals surface area contributed by atoms with E-state index in [9.17, 15) is 0 Å². The molecule has 0 aliphatic rings. The Hall–Kier alpha value is -0.670. The molecule has 0 fully saturated rings. The van der Waals surface area contributed by atoms with Gasteiger partial charge in [0.2, 0.25) is 0 Å². The average molecular weight is 255 g/mol. The highest BCUT2D eigenvalue weighted by molar-refractivity contribution is 9.10. The smallest absolute Gasteiger partial charge is 0.0410 e. The molecule has 0 aliphatic carbocycles. The van der Waals surface area contributed by atoms with Crippen molar-refractivity contribution in [1.82, 2.24) is 10.3 Å². The molecule has 0 amide bonds. The van der Waals surface area contributed by atoms with E-state index in [2.05, 4.69) is 45.8 Å². The van der Waals surface area contributed by atoms with Crippen LogP contribution in [-0.4, -0.2) is 11.5 Å². The summed E-state index contributed by atoms with van der Waals surface area (Å²) in [4.78, 5) is 4.15. The van der Waals surface area contributed by atoms with E-state index >= 15 is 0 Å². The van der Waals surface area contributed by atoms with Crippen LogP contribution < -0.4 is 5.32 Å². The standard InChI is InChI=1S/C11H15BrN2/c1-3-5-11(14-4-2)9-6-10(12)8-13-7-9/h3,6-8,11,14H,1,4-5H2,2H3. The molecule has 1 N–H and O–H groups in total. The summed E-state index contributed by atoms with van der Waals surface area (Å²) in [5.41, 5.74) is 1.20. The molecular formula is C11H15BrN2. The average Bonchev–Trinajstić information content (AvgIpc) is 2.17. The third-order valence-electron chi connectivity index (χ3n) is 1.98. The zero-order chi connectivity index (χ0) is 10.4. The van der Waals surface area contributed by atoms with E-state index in [0.717, 1.165) is 17.4 Å². The second-order valence-corrected chi connectivity index (χ2v) is 3.99. The quantitative estimate of drug-likeness (QED) is 0.818. The van der Waals surface area contributed by atoms with Crippen LogP contribution in [0.1, 0.15) is 24.9 Å². The van der Waals surface area contributed by atoms with Crippen LogP contribution in [0.25, 0.3) is 0 Å². The summed E-state index contributed by atoms with van der Waals surface area (Å²) >= 11 is 3.42. The summed E-state index contributed by atoms with van der Waals surface area (Å²) in [5.74, 6) is 0. The van der Waals surface area contributed by atoms with Crippen molar-refractivity contribution >= 4 is 15.9 Å². The first-order valence-corrected chi connectivity index (χ1v) is 5.52. The largest absolute Gasteiger partial charge is 0.310 e. The lowest BCUT2D eigenvalue weighted by molar-refractivity contribution is 0.557. The number of nitrogens with one attached hydrogen (secondary N) is 1. The molecule has 0 spiro atoms. The fraction of sp³-hybridized carbons (Fsp3) is 0.364. The zero-order valence-electron chi connectivity index (χ0n) is 8.33. The van der Waals surface area contributed by atoms with E-state index in [-0.39, 0.29) is 0 Å². The van der Waals surface area contributed by atoms with Gasteiger partial charge < -0.3 is 5.32 Å². The Kier molecular flexibility index (Phi) is 4.84. The summed E-state index contributed by atoms with van der Waals surface area (Å²) in [5, 5.41) is 3.39. The van der Waals surface area contributed by atoms with Crippen LogP contribution in [0.2, 0.25) is 0 Å². The van der Waals surface area contributed by atoms with E-state index < -0.39 is 0 Å². The molecule has 3 heteroatoms. The Morgan fingerprint density at radius 1 is 1.64 bits per heavy atom. The number of halogens is 1. The molecule has 1 heterocycles. The minimum absolute atomic E-state index is 0.322. The van der Waals surface area contributed by atoms with Crippen molar-refractivity contribution in [2.45, 2.75) is 19.4 Å². The van der Waals surface area contributed by atoms with Gasteiger partial charge in [-0.1, -0.05) is 13.0 Å². The highest BCUT2D eigenvalue weighted by atomic mass is 79.9. The monoisotopic (exact) mass is 254 g/mol. The van der Waals surface area contributed by atoms with Crippen LogP contribution in [0.15, 0.2) is 35.6 Å². The Labute approximate surface area is 93.6 Å². The molecule has 1 atom stereocenters. The van der Waals surface area contributed by atoms with Gasteiger partial charge in [-0.3, -0.25) is 4.98 Å². The molecule has 76 valence electrons. The van der Waals surface area contributed by atoms with E-state index in [1.54, 1.807) is 6.20 Å². The third-order valence-corrected chi connectivity index (χ3v) is 2.41. The molecule has 2 nitrogen and oxygen atoms in total. The van der Waals surface area contributed by atoms with Gasteiger partial charge in [-0.15, -0.1) is 6.58 Å². The molecule has 0 aliphatic heterocycles. The fourth-order valence-electron chi connectivity index (χ4n) is 1.37. The predicted octanol–water partition coefficient (Wildman–Crippen LogP) is 3.07. The summed E-state index contributed by atoms with van der Waals surface area (Å²) < 4.78 is 1.02. The number of hydrogen-bond donors (Lipinski definition) is 1. The zero-order valence-corrected chi connectivity index (χ0v) is 9.92. The maximum Gasteiger partial charge on any atom is 0.0410 e. The van der Waals surface area contributed by atoms with E-state index in [4.69, 9.17) is 0 Å². The van der Waals surface area contributed by atoms with Crippen LogP contribution in [0.3, 0.4) is 0 Å². The lowest BCUT2D eigenvalue weighted by Gasteiger charge is -2.16. The van der Waals surface area contributed by atoms with Crippen LogP contribution in [0.4, 0.5) is 0 Å². The van der Waals surface area contributed by atoms with Gasteiger partial charge in [-0.2, -0.15) is 0 Å². The van der Waals surface area contributed by atoms with Gasteiger partial charge in [0, 0.05) is 22.9 Å². The van der Waals surface area contributed by atoms with E-state index in [1.165, 1.54) is 5.56 Å². The number of hydrogen-bond acceptors (Lipinski definition) is 2. The second-order valence-electron chi connectivity index (χ2n) is 3.07. The number of aromatic nitrogens is 1. The number of nitrogens with zero attached hydrogens (tertiary/aromatic N) is 1. The van der Waals surface area contributed by atoms with Gasteiger partial charge in [0.25, 0.3) is 0 Å². The van der Waals surface area contributed by atoms with Crippen molar-refractivity contribution in [3.05, 3.63) is 41.2 Å². The van der Waals surface area contributed by atoms with Gasteiger partial charge in [-0.25, -0.2) is 0 Å². The first kappa shape index (κ1) is 11.4. The molecule has 1 aromatic heterocycles. The van der Waals surface area contributed by atoms with E-state index in [1.807, 2.05) is 12.3 Å². The molecule has 0 aromatic carbocycles. The van der Waals surface area contributed by atoms with Crippen molar-refractivity contribution in [2.24, 2.45) is 0 Å². The third kappa shape index (κ3) is 3.24. The van der Waals surface area contributed by atoms with Gasteiger partial charge in [-0.05, 0) is 40.5 Å². The Morgan fingerprint density at radius 2 is 2.43 bits per heavy atom. The highest BCUT2D eigenvalue weighted by Gasteiger charge is 2.08. The van der Waals surface area contributed by atoms with Crippen LogP contribution in [-0.2, 0) is 0 Å². The van der Waals surface area contributed by atoms with Crippen molar-refractivity contribution in [3.63, 3.8) is 0 Å². The van der Waals surface area contributed by atoms with Crippen LogP contribution in [0, 0.1) is 0 Å². The molecule has 0 saturated heterocycles. The Morgan fingerprint density at radius 3 is 3.00 bits per heavy atom. The van der Waals surface area contributed by atoms with Crippen molar-refractivity contribution < 1.29 is 0 Å². The highest BCUT2D eigenvalue weighted by Crippen LogP contribution is 2.19. The molecule has 1 rings (SSSR count). The predicted molar refractivity (Wildman–Crippen MR) is 63.2 cm³/mol. The maximum absolute atomic E-state index is 4.15. The lowest BCUT2D eigenvalue weighted by Crippen LogP contribution is -2.20. The maximum atomic E-state index is 4.15.